The van der Waals surface area contributed by atoms with Crippen molar-refractivity contribution in [3.05, 3.63) is 34.6 Å². The molecule has 2 aromatic rings. The van der Waals surface area contributed by atoms with Crippen molar-refractivity contribution in [1.82, 2.24) is 9.97 Å². The number of aromatic nitrogens is 2. The fraction of sp³-hybridized carbons (Fsp3) is 0.429. The second-order valence-corrected chi connectivity index (χ2v) is 5.56. The molecule has 3 heteroatoms. The van der Waals surface area contributed by atoms with Crippen molar-refractivity contribution in [2.24, 2.45) is 0 Å². The molecule has 0 aliphatic heterocycles. The molecule has 0 aromatic carbocycles. The normalized spacial score (nSPS) is 11.1. The van der Waals surface area contributed by atoms with E-state index < -0.39 is 0 Å². The lowest BCUT2D eigenvalue weighted by Crippen LogP contribution is -1.94. The van der Waals surface area contributed by atoms with Crippen molar-refractivity contribution in [3.8, 4) is 10.6 Å². The molecule has 0 fully saturated rings. The first-order chi connectivity index (χ1) is 8.13. The van der Waals surface area contributed by atoms with Crippen molar-refractivity contribution in [2.45, 2.75) is 40.0 Å². The van der Waals surface area contributed by atoms with Crippen molar-refractivity contribution in [3.63, 3.8) is 0 Å². The van der Waals surface area contributed by atoms with Crippen LogP contribution in [0.1, 0.15) is 43.0 Å². The molecule has 2 nitrogen and oxygen atoms in total. The van der Waals surface area contributed by atoms with Crippen LogP contribution in [0.5, 0.6) is 0 Å². The fourth-order valence-corrected chi connectivity index (χ4v) is 2.92. The molecule has 17 heavy (non-hydrogen) atoms. The molecule has 0 unspecified atom stereocenters. The van der Waals surface area contributed by atoms with Gasteiger partial charge in [-0.15, -0.1) is 11.3 Å². The molecule has 2 rings (SSSR count). The Labute approximate surface area is 107 Å². The first kappa shape index (κ1) is 12.2. The SMILES string of the molecule is CCc1nc(C)c(-c2ncccc2C(C)C)s1. The first-order valence-electron chi connectivity index (χ1n) is 6.05. The topological polar surface area (TPSA) is 25.8 Å². The predicted octanol–water partition coefficient (Wildman–Crippen LogP) is 4.20. The first-order valence-corrected chi connectivity index (χ1v) is 6.86. The van der Waals surface area contributed by atoms with Crippen LogP contribution in [0.4, 0.5) is 0 Å². The summed E-state index contributed by atoms with van der Waals surface area (Å²) in [7, 11) is 0. The van der Waals surface area contributed by atoms with Gasteiger partial charge in [-0.1, -0.05) is 26.8 Å². The van der Waals surface area contributed by atoms with E-state index in [4.69, 9.17) is 0 Å². The van der Waals surface area contributed by atoms with Gasteiger partial charge >= 0.3 is 0 Å². The Balaban J connectivity index is 2.55. The molecule has 0 radical (unpaired) electrons. The third kappa shape index (κ3) is 2.39. The number of hydrogen-bond donors (Lipinski definition) is 0. The predicted molar refractivity (Wildman–Crippen MR) is 73.5 cm³/mol. The number of hydrogen-bond acceptors (Lipinski definition) is 3. The van der Waals surface area contributed by atoms with Crippen molar-refractivity contribution in [1.29, 1.82) is 0 Å². The van der Waals surface area contributed by atoms with Crippen LogP contribution in [0.2, 0.25) is 0 Å². The highest BCUT2D eigenvalue weighted by atomic mass is 32.1. The van der Waals surface area contributed by atoms with E-state index in [9.17, 15) is 0 Å². The summed E-state index contributed by atoms with van der Waals surface area (Å²) in [5, 5.41) is 1.19. The summed E-state index contributed by atoms with van der Waals surface area (Å²) >= 11 is 1.77. The smallest absolute Gasteiger partial charge is 0.0932 e. The summed E-state index contributed by atoms with van der Waals surface area (Å²) in [6.07, 6.45) is 2.86. The van der Waals surface area contributed by atoms with Crippen LogP contribution in [0.25, 0.3) is 10.6 Å². The summed E-state index contributed by atoms with van der Waals surface area (Å²) in [5.74, 6) is 0.491. The molecule has 0 saturated heterocycles. The number of rotatable bonds is 3. The summed E-state index contributed by atoms with van der Waals surface area (Å²) in [5.41, 5.74) is 3.52. The van der Waals surface area contributed by atoms with Gasteiger partial charge < -0.3 is 0 Å². The van der Waals surface area contributed by atoms with Gasteiger partial charge in [0.2, 0.25) is 0 Å². The molecule has 0 aliphatic carbocycles. The third-order valence-electron chi connectivity index (χ3n) is 2.82. The molecular formula is C14H18N2S. The minimum absolute atomic E-state index is 0.491. The van der Waals surface area contributed by atoms with E-state index >= 15 is 0 Å². The van der Waals surface area contributed by atoms with Gasteiger partial charge in [0.25, 0.3) is 0 Å². The van der Waals surface area contributed by atoms with Crippen molar-refractivity contribution in [2.75, 3.05) is 0 Å². The molecule has 90 valence electrons. The Hall–Kier alpha value is -1.22. The average molecular weight is 246 g/mol. The van der Waals surface area contributed by atoms with Gasteiger partial charge in [0.1, 0.15) is 0 Å². The fourth-order valence-electron chi connectivity index (χ4n) is 1.90. The molecule has 0 bridgehead atoms. The zero-order chi connectivity index (χ0) is 12.4. The van der Waals surface area contributed by atoms with E-state index in [0.29, 0.717) is 5.92 Å². The lowest BCUT2D eigenvalue weighted by molar-refractivity contribution is 0.862. The van der Waals surface area contributed by atoms with Crippen LogP contribution >= 0.6 is 11.3 Å². The lowest BCUT2D eigenvalue weighted by atomic mass is 10.0. The number of thiazole rings is 1. The molecule has 0 N–H and O–H groups in total. The van der Waals surface area contributed by atoms with Crippen molar-refractivity contribution >= 4 is 11.3 Å². The van der Waals surface area contributed by atoms with Crippen LogP contribution in [-0.2, 0) is 6.42 Å². The largest absolute Gasteiger partial charge is 0.255 e. The number of nitrogens with zero attached hydrogens (tertiary/aromatic N) is 2. The lowest BCUT2D eigenvalue weighted by Gasteiger charge is -2.10. The van der Waals surface area contributed by atoms with Gasteiger partial charge in [-0.25, -0.2) is 4.98 Å². The quantitative estimate of drug-likeness (QED) is 0.811. The van der Waals surface area contributed by atoms with E-state index in [-0.39, 0.29) is 0 Å². The van der Waals surface area contributed by atoms with Crippen LogP contribution in [0.3, 0.4) is 0 Å². The highest BCUT2D eigenvalue weighted by Gasteiger charge is 2.15. The Morgan fingerprint density at radius 1 is 1.35 bits per heavy atom. The minimum Gasteiger partial charge on any atom is -0.255 e. The Morgan fingerprint density at radius 2 is 2.12 bits per heavy atom. The number of aryl methyl sites for hydroxylation is 2. The zero-order valence-corrected chi connectivity index (χ0v) is 11.6. The standard InChI is InChI=1S/C14H18N2S/c1-5-12-16-10(4)14(17-12)13-11(9(2)3)7-6-8-15-13/h6-9H,5H2,1-4H3. The highest BCUT2D eigenvalue weighted by Crippen LogP contribution is 2.33. The van der Waals surface area contributed by atoms with Crippen LogP contribution in [-0.4, -0.2) is 9.97 Å². The van der Waals surface area contributed by atoms with Crippen LogP contribution in [0.15, 0.2) is 18.3 Å². The van der Waals surface area contributed by atoms with E-state index in [1.807, 2.05) is 12.3 Å². The second kappa shape index (κ2) is 4.96. The number of pyridine rings is 1. The summed E-state index contributed by atoms with van der Waals surface area (Å²) in [6.45, 7) is 8.63. The van der Waals surface area contributed by atoms with E-state index in [2.05, 4.69) is 43.7 Å². The monoisotopic (exact) mass is 246 g/mol. The zero-order valence-electron chi connectivity index (χ0n) is 10.8. The van der Waals surface area contributed by atoms with Gasteiger partial charge in [0, 0.05) is 6.20 Å². The highest BCUT2D eigenvalue weighted by molar-refractivity contribution is 7.15. The maximum absolute atomic E-state index is 4.58. The molecule has 0 saturated carbocycles. The van der Waals surface area contributed by atoms with Gasteiger partial charge in [-0.2, -0.15) is 0 Å². The summed E-state index contributed by atoms with van der Waals surface area (Å²) in [4.78, 5) is 10.4. The molecule has 0 aliphatic rings. The third-order valence-corrected chi connectivity index (χ3v) is 4.13. The van der Waals surface area contributed by atoms with Gasteiger partial charge in [-0.05, 0) is 30.9 Å². The second-order valence-electron chi connectivity index (χ2n) is 4.47. The maximum atomic E-state index is 4.58. The van der Waals surface area contributed by atoms with Gasteiger partial charge in [0.05, 0.1) is 21.3 Å². The Morgan fingerprint density at radius 3 is 2.71 bits per heavy atom. The minimum atomic E-state index is 0.491. The van der Waals surface area contributed by atoms with Crippen LogP contribution < -0.4 is 0 Å². The van der Waals surface area contributed by atoms with Crippen LogP contribution in [0, 0.1) is 6.92 Å². The summed E-state index contributed by atoms with van der Waals surface area (Å²) in [6, 6.07) is 4.17. The average Bonchev–Trinajstić information content (AvgIpc) is 2.70. The Kier molecular flexibility index (Phi) is 3.57. The van der Waals surface area contributed by atoms with Gasteiger partial charge in [0.15, 0.2) is 0 Å². The van der Waals surface area contributed by atoms with E-state index in [0.717, 1.165) is 17.8 Å². The molecule has 2 heterocycles. The summed E-state index contributed by atoms with van der Waals surface area (Å²) < 4.78 is 0. The molecule has 2 aromatic heterocycles. The van der Waals surface area contributed by atoms with Gasteiger partial charge in [-0.3, -0.25) is 4.98 Å². The van der Waals surface area contributed by atoms with E-state index in [1.165, 1.54) is 15.4 Å². The molecule has 0 amide bonds. The molecule has 0 spiro atoms. The van der Waals surface area contributed by atoms with E-state index in [1.54, 1.807) is 11.3 Å². The maximum Gasteiger partial charge on any atom is 0.0932 e. The molecular weight excluding hydrogens is 228 g/mol. The molecule has 0 atom stereocenters. The Bertz CT molecular complexity index is 515. The van der Waals surface area contributed by atoms with Crippen molar-refractivity contribution < 1.29 is 0 Å².